The van der Waals surface area contributed by atoms with Crippen molar-refractivity contribution in [3.63, 3.8) is 0 Å². The van der Waals surface area contributed by atoms with Gasteiger partial charge in [-0.25, -0.2) is 0 Å². The van der Waals surface area contributed by atoms with Crippen LogP contribution in [0.5, 0.6) is 0 Å². The number of nitrogens with zero attached hydrogens (tertiary/aromatic N) is 1. The summed E-state index contributed by atoms with van der Waals surface area (Å²) in [6, 6.07) is 18.8. The molecule has 4 rings (SSSR count). The van der Waals surface area contributed by atoms with Crippen molar-refractivity contribution < 1.29 is 9.59 Å². The number of rotatable bonds is 4. The standard InChI is InChI=1S/C23H25N3O2/c1-21(2)22(3)14-15-23(21,20(28)24-16-10-6-4-7-11-16)19(27)18(22)26-25-17-12-8-5-9-13-17/h4-13,25H,14-15H2,1-3H3,(H,24,28). The van der Waals surface area contributed by atoms with Crippen molar-refractivity contribution in [2.75, 3.05) is 10.7 Å². The van der Waals surface area contributed by atoms with Crippen LogP contribution in [0.3, 0.4) is 0 Å². The number of ketones is 1. The summed E-state index contributed by atoms with van der Waals surface area (Å²) in [7, 11) is 0. The highest BCUT2D eigenvalue weighted by atomic mass is 16.2. The Morgan fingerprint density at radius 2 is 1.46 bits per heavy atom. The van der Waals surface area contributed by atoms with Crippen LogP contribution >= 0.6 is 0 Å². The molecule has 144 valence electrons. The normalized spacial score (nSPS) is 29.1. The van der Waals surface area contributed by atoms with Gasteiger partial charge in [0.05, 0.1) is 5.69 Å². The average Bonchev–Trinajstić information content (AvgIpc) is 2.97. The number of carbonyl (C=O) groups is 2. The maximum absolute atomic E-state index is 13.5. The van der Waals surface area contributed by atoms with E-state index in [0.29, 0.717) is 17.8 Å². The lowest BCUT2D eigenvalue weighted by Gasteiger charge is -2.37. The number of hydrogen-bond donors (Lipinski definition) is 2. The van der Waals surface area contributed by atoms with Crippen molar-refractivity contribution in [3.05, 3.63) is 60.7 Å². The molecule has 1 amide bonds. The predicted molar refractivity (Wildman–Crippen MR) is 111 cm³/mol. The van der Waals surface area contributed by atoms with Gasteiger partial charge in [-0.05, 0) is 42.5 Å². The molecule has 28 heavy (non-hydrogen) atoms. The zero-order valence-corrected chi connectivity index (χ0v) is 16.5. The quantitative estimate of drug-likeness (QED) is 0.611. The number of anilines is 2. The van der Waals surface area contributed by atoms with E-state index in [-0.39, 0.29) is 11.7 Å². The van der Waals surface area contributed by atoms with E-state index in [2.05, 4.69) is 22.8 Å². The highest BCUT2D eigenvalue weighted by Gasteiger charge is 2.76. The summed E-state index contributed by atoms with van der Waals surface area (Å²) in [5.41, 5.74) is 2.89. The Hall–Kier alpha value is -2.95. The van der Waals surface area contributed by atoms with Crippen LogP contribution in [0.4, 0.5) is 11.4 Å². The summed E-state index contributed by atoms with van der Waals surface area (Å²) < 4.78 is 0. The lowest BCUT2D eigenvalue weighted by molar-refractivity contribution is -0.139. The van der Waals surface area contributed by atoms with Crippen molar-refractivity contribution in [2.24, 2.45) is 21.3 Å². The SMILES string of the molecule is CC12CCC(C(=O)Nc3ccccc3)(C(=O)C1=NNc1ccccc1)C2(C)C. The molecule has 2 N–H and O–H groups in total. The molecule has 0 aromatic heterocycles. The van der Waals surface area contributed by atoms with Crippen LogP contribution in [0.2, 0.25) is 0 Å². The van der Waals surface area contributed by atoms with E-state index in [1.807, 2.05) is 74.5 Å². The van der Waals surface area contributed by atoms with Crippen molar-refractivity contribution in [2.45, 2.75) is 33.6 Å². The van der Waals surface area contributed by atoms with E-state index in [4.69, 9.17) is 0 Å². The van der Waals surface area contributed by atoms with Gasteiger partial charge in [0, 0.05) is 11.1 Å². The van der Waals surface area contributed by atoms with Gasteiger partial charge in [0.1, 0.15) is 11.1 Å². The van der Waals surface area contributed by atoms with Crippen molar-refractivity contribution in [1.82, 2.24) is 0 Å². The third-order valence-electron chi connectivity index (χ3n) is 7.06. The largest absolute Gasteiger partial charge is 0.325 e. The number of benzene rings is 2. The number of carbonyl (C=O) groups excluding carboxylic acids is 2. The molecule has 2 atom stereocenters. The van der Waals surface area contributed by atoms with Crippen LogP contribution in [0.1, 0.15) is 33.6 Å². The fourth-order valence-corrected chi connectivity index (χ4v) is 4.86. The summed E-state index contributed by atoms with van der Waals surface area (Å²) in [6.45, 7) is 6.10. The number of fused-ring (bicyclic) bond motifs is 2. The van der Waals surface area contributed by atoms with Gasteiger partial charge in [0.15, 0.2) is 5.78 Å². The van der Waals surface area contributed by atoms with Gasteiger partial charge in [0.25, 0.3) is 0 Å². The Morgan fingerprint density at radius 3 is 2.07 bits per heavy atom. The van der Waals surface area contributed by atoms with Crippen LogP contribution in [0.15, 0.2) is 65.8 Å². The fourth-order valence-electron chi connectivity index (χ4n) is 4.86. The van der Waals surface area contributed by atoms with Crippen molar-refractivity contribution >= 4 is 28.8 Å². The van der Waals surface area contributed by atoms with Crippen LogP contribution in [0.25, 0.3) is 0 Å². The van der Waals surface area contributed by atoms with Gasteiger partial charge in [0.2, 0.25) is 5.91 Å². The van der Waals surface area contributed by atoms with Gasteiger partial charge in [-0.1, -0.05) is 57.2 Å². The van der Waals surface area contributed by atoms with E-state index < -0.39 is 16.2 Å². The Labute approximate surface area is 165 Å². The molecule has 2 aromatic carbocycles. The molecular weight excluding hydrogens is 350 g/mol. The maximum Gasteiger partial charge on any atom is 0.239 e. The van der Waals surface area contributed by atoms with Crippen LogP contribution in [-0.4, -0.2) is 17.4 Å². The van der Waals surface area contributed by atoms with Crippen LogP contribution < -0.4 is 10.7 Å². The number of amides is 1. The second kappa shape index (κ2) is 6.30. The number of nitrogens with one attached hydrogen (secondary N) is 2. The molecule has 2 bridgehead atoms. The van der Waals surface area contributed by atoms with E-state index in [1.54, 1.807) is 0 Å². The summed E-state index contributed by atoms with van der Waals surface area (Å²) in [5, 5.41) is 7.46. The first-order chi connectivity index (χ1) is 13.3. The highest BCUT2D eigenvalue weighted by molar-refractivity contribution is 6.51. The molecule has 0 radical (unpaired) electrons. The van der Waals surface area contributed by atoms with Crippen molar-refractivity contribution in [1.29, 1.82) is 0 Å². The third-order valence-corrected chi connectivity index (χ3v) is 7.06. The Kier molecular flexibility index (Phi) is 4.14. The Balaban J connectivity index is 1.70. The molecule has 5 heteroatoms. The summed E-state index contributed by atoms with van der Waals surface area (Å²) in [6.07, 6.45) is 1.29. The highest BCUT2D eigenvalue weighted by Crippen LogP contribution is 2.69. The average molecular weight is 375 g/mol. The van der Waals surface area contributed by atoms with E-state index in [1.165, 1.54) is 0 Å². The lowest BCUT2D eigenvalue weighted by Crippen LogP contribution is -2.47. The Bertz CT molecular complexity index is 952. The number of hydrazone groups is 1. The molecule has 0 aliphatic heterocycles. The molecule has 2 aliphatic rings. The number of para-hydroxylation sites is 2. The monoisotopic (exact) mass is 375 g/mol. The van der Waals surface area contributed by atoms with Gasteiger partial charge in [-0.3, -0.25) is 15.0 Å². The Morgan fingerprint density at radius 1 is 0.893 bits per heavy atom. The summed E-state index contributed by atoms with van der Waals surface area (Å²) >= 11 is 0. The molecule has 2 aromatic rings. The molecular formula is C23H25N3O2. The molecule has 0 heterocycles. The molecule has 0 spiro atoms. The first kappa shape index (κ1) is 18.4. The minimum atomic E-state index is -1.10. The fraction of sp³-hybridized carbons (Fsp3) is 0.348. The molecule has 2 saturated carbocycles. The minimum absolute atomic E-state index is 0.164. The summed E-state index contributed by atoms with van der Waals surface area (Å²) in [5.74, 6) is -0.398. The second-order valence-corrected chi connectivity index (χ2v) is 8.45. The van der Waals surface area contributed by atoms with Crippen LogP contribution in [0, 0.1) is 16.2 Å². The zero-order valence-electron chi connectivity index (χ0n) is 16.5. The van der Waals surface area contributed by atoms with E-state index in [0.717, 1.165) is 12.1 Å². The predicted octanol–water partition coefficient (Wildman–Crippen LogP) is 4.49. The smallest absolute Gasteiger partial charge is 0.239 e. The molecule has 5 nitrogen and oxygen atoms in total. The number of Topliss-reactive ketones (excluding diaryl/α,β-unsaturated/α-hetero) is 1. The topological polar surface area (TPSA) is 70.6 Å². The first-order valence-electron chi connectivity index (χ1n) is 9.63. The third kappa shape index (κ3) is 2.35. The van der Waals surface area contributed by atoms with Crippen molar-refractivity contribution in [3.8, 4) is 0 Å². The van der Waals surface area contributed by atoms with Crippen LogP contribution in [-0.2, 0) is 9.59 Å². The van der Waals surface area contributed by atoms with Gasteiger partial charge >= 0.3 is 0 Å². The van der Waals surface area contributed by atoms with E-state index >= 15 is 0 Å². The molecule has 0 saturated heterocycles. The lowest BCUT2D eigenvalue weighted by atomic mass is 9.64. The zero-order chi connectivity index (χ0) is 20.0. The van der Waals surface area contributed by atoms with Gasteiger partial charge in [-0.2, -0.15) is 5.10 Å². The summed E-state index contributed by atoms with van der Waals surface area (Å²) in [4.78, 5) is 26.9. The minimum Gasteiger partial charge on any atom is -0.325 e. The van der Waals surface area contributed by atoms with Gasteiger partial charge in [-0.15, -0.1) is 0 Å². The molecule has 2 fully saturated rings. The molecule has 2 unspecified atom stereocenters. The van der Waals surface area contributed by atoms with E-state index in [9.17, 15) is 9.59 Å². The maximum atomic E-state index is 13.5. The second-order valence-electron chi connectivity index (χ2n) is 8.45. The first-order valence-corrected chi connectivity index (χ1v) is 9.63. The molecule has 2 aliphatic carbocycles. The number of hydrogen-bond acceptors (Lipinski definition) is 4. The van der Waals surface area contributed by atoms with Gasteiger partial charge < -0.3 is 5.32 Å².